The van der Waals surface area contributed by atoms with E-state index in [1.54, 1.807) is 0 Å². The number of halogens is 1. The van der Waals surface area contributed by atoms with Gasteiger partial charge in [-0.1, -0.05) is 0 Å². The van der Waals surface area contributed by atoms with E-state index < -0.39 is 25.9 Å². The van der Waals surface area contributed by atoms with E-state index in [1.165, 1.54) is 19.3 Å². The SMILES string of the molecule is CN(C1CCS(=O)(=O)C1)S(=O)(=O)c1cc(Br)cnc1NN. The highest BCUT2D eigenvalue weighted by Gasteiger charge is 2.37. The van der Waals surface area contributed by atoms with E-state index in [0.29, 0.717) is 4.47 Å². The summed E-state index contributed by atoms with van der Waals surface area (Å²) in [6.45, 7) is 0. The number of sulfone groups is 1. The lowest BCUT2D eigenvalue weighted by atomic mass is 10.3. The number of nitrogens with zero attached hydrogens (tertiary/aromatic N) is 2. The third-order valence-corrected chi connectivity index (χ3v) is 7.44. The Balaban J connectivity index is 2.40. The van der Waals surface area contributed by atoms with Gasteiger partial charge < -0.3 is 5.43 Å². The number of pyridine rings is 1. The van der Waals surface area contributed by atoms with Crippen molar-refractivity contribution in [1.82, 2.24) is 9.29 Å². The number of hydrogen-bond acceptors (Lipinski definition) is 7. The Morgan fingerprint density at radius 1 is 1.52 bits per heavy atom. The summed E-state index contributed by atoms with van der Waals surface area (Å²) in [4.78, 5) is 3.79. The molecule has 1 saturated heterocycles. The van der Waals surface area contributed by atoms with Crippen molar-refractivity contribution in [2.24, 2.45) is 5.84 Å². The van der Waals surface area contributed by atoms with Crippen molar-refractivity contribution in [3.8, 4) is 0 Å². The smallest absolute Gasteiger partial charge is 0.246 e. The first kappa shape index (κ1) is 16.6. The van der Waals surface area contributed by atoms with Crippen LogP contribution in [-0.4, -0.2) is 50.7 Å². The van der Waals surface area contributed by atoms with Crippen molar-refractivity contribution in [2.75, 3.05) is 24.0 Å². The van der Waals surface area contributed by atoms with E-state index >= 15 is 0 Å². The third kappa shape index (κ3) is 3.37. The minimum absolute atomic E-state index is 0.00371. The van der Waals surface area contributed by atoms with E-state index in [0.717, 1.165) is 4.31 Å². The Bertz CT molecular complexity index is 750. The molecule has 1 aromatic heterocycles. The quantitative estimate of drug-likeness (QED) is 0.537. The Hall–Kier alpha value is -0.750. The van der Waals surface area contributed by atoms with E-state index in [2.05, 4.69) is 26.3 Å². The molecule has 11 heteroatoms. The molecule has 118 valence electrons. The first-order chi connectivity index (χ1) is 9.67. The van der Waals surface area contributed by atoms with Crippen molar-refractivity contribution >= 4 is 41.6 Å². The maximum Gasteiger partial charge on any atom is 0.246 e. The van der Waals surface area contributed by atoms with Crippen LogP contribution >= 0.6 is 15.9 Å². The van der Waals surface area contributed by atoms with Gasteiger partial charge in [-0.3, -0.25) is 0 Å². The zero-order valence-corrected chi connectivity index (χ0v) is 14.4. The number of rotatable bonds is 4. The van der Waals surface area contributed by atoms with Crippen LogP contribution in [0.5, 0.6) is 0 Å². The van der Waals surface area contributed by atoms with E-state index in [-0.39, 0.29) is 28.6 Å². The van der Waals surface area contributed by atoms with Crippen LogP contribution in [0.25, 0.3) is 0 Å². The molecule has 0 aliphatic carbocycles. The van der Waals surface area contributed by atoms with Crippen LogP contribution in [0.3, 0.4) is 0 Å². The lowest BCUT2D eigenvalue weighted by molar-refractivity contribution is 0.394. The number of hydrogen-bond donors (Lipinski definition) is 2. The van der Waals surface area contributed by atoms with Gasteiger partial charge in [0, 0.05) is 23.8 Å². The maximum atomic E-state index is 12.6. The first-order valence-electron chi connectivity index (χ1n) is 5.98. The van der Waals surface area contributed by atoms with Gasteiger partial charge in [-0.25, -0.2) is 27.7 Å². The predicted molar refractivity (Wildman–Crippen MR) is 81.8 cm³/mol. The molecule has 1 atom stereocenters. The summed E-state index contributed by atoms with van der Waals surface area (Å²) in [5.41, 5.74) is 2.23. The van der Waals surface area contributed by atoms with Crippen LogP contribution < -0.4 is 11.3 Å². The van der Waals surface area contributed by atoms with Crippen molar-refractivity contribution in [3.63, 3.8) is 0 Å². The fourth-order valence-corrected chi connectivity index (χ4v) is 6.01. The molecule has 1 aliphatic rings. The second-order valence-electron chi connectivity index (χ2n) is 4.72. The fourth-order valence-electron chi connectivity index (χ4n) is 2.14. The summed E-state index contributed by atoms with van der Waals surface area (Å²) in [5, 5.41) is 0. The normalized spacial score (nSPS) is 21.6. The van der Waals surface area contributed by atoms with Crippen LogP contribution in [-0.2, 0) is 19.9 Å². The standard InChI is InChI=1S/C10H15BrN4O4S2/c1-15(8-2-3-20(16,17)6-8)21(18,19)9-4-7(11)5-13-10(9)14-12/h4-5,8H,2-3,6,12H2,1H3,(H,13,14). The number of nitrogens with one attached hydrogen (secondary N) is 1. The van der Waals surface area contributed by atoms with Gasteiger partial charge in [0.15, 0.2) is 15.7 Å². The van der Waals surface area contributed by atoms with Crippen molar-refractivity contribution in [1.29, 1.82) is 0 Å². The molecule has 2 rings (SSSR count). The lowest BCUT2D eigenvalue weighted by Gasteiger charge is -2.23. The molecule has 1 aromatic rings. The zero-order valence-electron chi connectivity index (χ0n) is 11.2. The number of nitrogens with two attached hydrogens (primary N) is 1. The molecule has 0 saturated carbocycles. The average Bonchev–Trinajstić information content (AvgIpc) is 2.78. The van der Waals surface area contributed by atoms with Crippen LogP contribution in [0, 0.1) is 0 Å². The number of sulfonamides is 1. The summed E-state index contributed by atoms with van der Waals surface area (Å²) in [5.74, 6) is 5.12. The van der Waals surface area contributed by atoms with Crippen molar-refractivity contribution in [2.45, 2.75) is 17.4 Å². The van der Waals surface area contributed by atoms with Crippen molar-refractivity contribution < 1.29 is 16.8 Å². The molecule has 1 unspecified atom stereocenters. The molecule has 0 bridgehead atoms. The van der Waals surface area contributed by atoms with Crippen molar-refractivity contribution in [3.05, 3.63) is 16.7 Å². The molecule has 0 amide bonds. The molecule has 0 aromatic carbocycles. The summed E-state index contributed by atoms with van der Waals surface area (Å²) in [6, 6.07) is 0.793. The second-order valence-corrected chi connectivity index (χ2v) is 9.83. The Morgan fingerprint density at radius 3 is 2.71 bits per heavy atom. The fraction of sp³-hybridized carbons (Fsp3) is 0.500. The van der Waals surface area contributed by atoms with Gasteiger partial charge in [0.2, 0.25) is 10.0 Å². The lowest BCUT2D eigenvalue weighted by Crippen LogP contribution is -2.38. The van der Waals surface area contributed by atoms with Gasteiger partial charge in [-0.05, 0) is 28.4 Å². The molecular weight excluding hydrogens is 384 g/mol. The topological polar surface area (TPSA) is 122 Å². The number of hydrazine groups is 1. The van der Waals surface area contributed by atoms with Crippen LogP contribution in [0.2, 0.25) is 0 Å². The number of nitrogen functional groups attached to an aromatic ring is 1. The van der Waals surface area contributed by atoms with Gasteiger partial charge in [-0.15, -0.1) is 0 Å². The highest BCUT2D eigenvalue weighted by atomic mass is 79.9. The van der Waals surface area contributed by atoms with Gasteiger partial charge in [0.1, 0.15) is 4.90 Å². The number of anilines is 1. The Labute approximate surface area is 131 Å². The average molecular weight is 399 g/mol. The maximum absolute atomic E-state index is 12.6. The molecule has 3 N–H and O–H groups in total. The highest BCUT2D eigenvalue weighted by Crippen LogP contribution is 2.28. The molecule has 2 heterocycles. The summed E-state index contributed by atoms with van der Waals surface area (Å²) < 4.78 is 49.8. The molecular formula is C10H15BrN4O4S2. The van der Waals surface area contributed by atoms with Gasteiger partial charge in [0.25, 0.3) is 0 Å². The second kappa shape index (κ2) is 5.80. The Kier molecular flexibility index (Phi) is 4.59. The third-order valence-electron chi connectivity index (χ3n) is 3.34. The van der Waals surface area contributed by atoms with Crippen LogP contribution in [0.1, 0.15) is 6.42 Å². The monoisotopic (exact) mass is 398 g/mol. The largest absolute Gasteiger partial charge is 0.307 e. The highest BCUT2D eigenvalue weighted by molar-refractivity contribution is 9.10. The zero-order chi connectivity index (χ0) is 15.8. The summed E-state index contributed by atoms with van der Waals surface area (Å²) in [6.07, 6.45) is 1.69. The minimum Gasteiger partial charge on any atom is -0.307 e. The molecule has 8 nitrogen and oxygen atoms in total. The van der Waals surface area contributed by atoms with Crippen LogP contribution in [0.4, 0.5) is 5.82 Å². The number of aromatic nitrogens is 1. The van der Waals surface area contributed by atoms with Crippen LogP contribution in [0.15, 0.2) is 21.6 Å². The summed E-state index contributed by atoms with van der Waals surface area (Å²) >= 11 is 3.16. The summed E-state index contributed by atoms with van der Waals surface area (Å²) in [7, 11) is -5.72. The van der Waals surface area contributed by atoms with Gasteiger partial charge >= 0.3 is 0 Å². The molecule has 1 fully saturated rings. The molecule has 1 aliphatic heterocycles. The molecule has 0 spiro atoms. The predicted octanol–water partition coefficient (Wildman–Crippen LogP) is -0.0627. The minimum atomic E-state index is -3.90. The van der Waals surface area contributed by atoms with E-state index in [9.17, 15) is 16.8 Å². The Morgan fingerprint density at radius 2 is 2.19 bits per heavy atom. The first-order valence-corrected chi connectivity index (χ1v) is 10.0. The molecule has 21 heavy (non-hydrogen) atoms. The van der Waals surface area contributed by atoms with Gasteiger partial charge in [-0.2, -0.15) is 4.31 Å². The van der Waals surface area contributed by atoms with E-state index in [4.69, 9.17) is 5.84 Å². The van der Waals surface area contributed by atoms with Gasteiger partial charge in [0.05, 0.1) is 11.5 Å². The van der Waals surface area contributed by atoms with E-state index in [1.807, 2.05) is 0 Å². The molecule has 0 radical (unpaired) electrons.